The van der Waals surface area contributed by atoms with Gasteiger partial charge in [-0.15, -0.1) is 6.58 Å². The van der Waals surface area contributed by atoms with Gasteiger partial charge < -0.3 is 9.64 Å². The number of nitrogens with one attached hydrogen (secondary N) is 1. The molecule has 0 unspecified atom stereocenters. The summed E-state index contributed by atoms with van der Waals surface area (Å²) in [5.41, 5.74) is 2.48. The first-order valence-electron chi connectivity index (χ1n) is 12.2. The summed E-state index contributed by atoms with van der Waals surface area (Å²) in [6.07, 6.45) is 7.44. The second-order valence-corrected chi connectivity index (χ2v) is 8.65. The molecule has 0 aliphatic heterocycles. The minimum Gasteiger partial charge on any atom is -0.494 e. The number of aromatic nitrogens is 2. The number of benzene rings is 2. The molecule has 0 saturated heterocycles. The normalized spacial score (nSPS) is 13.4. The number of ether oxygens (including phenoxy) is 1. The van der Waals surface area contributed by atoms with Crippen LogP contribution in [0.15, 0.2) is 73.4 Å². The van der Waals surface area contributed by atoms with E-state index >= 15 is 0 Å². The van der Waals surface area contributed by atoms with Crippen LogP contribution in [0, 0.1) is 5.92 Å². The Morgan fingerprint density at radius 3 is 2.66 bits per heavy atom. The minimum atomic E-state index is -0.300. The quantitative estimate of drug-likeness (QED) is 0.418. The summed E-state index contributed by atoms with van der Waals surface area (Å²) in [6, 6.07) is 17.4. The molecule has 3 aromatic rings. The zero-order chi connectivity index (χ0) is 24.6. The van der Waals surface area contributed by atoms with Gasteiger partial charge >= 0.3 is 0 Å². The average molecular weight is 473 g/mol. The van der Waals surface area contributed by atoms with Crippen LogP contribution in [-0.2, 0) is 9.59 Å². The fourth-order valence-corrected chi connectivity index (χ4v) is 4.46. The van der Waals surface area contributed by atoms with Crippen molar-refractivity contribution in [1.82, 2.24) is 14.5 Å². The summed E-state index contributed by atoms with van der Waals surface area (Å²) in [5, 5.41) is 2.93. The molecular weight excluding hydrogens is 440 g/mol. The SMILES string of the molecule is C=CCN(CC(=O)Nc1nc(-c2ccccc2)cn1-c1cccc(OCC)c1)C(=O)C1CCCC1. The largest absolute Gasteiger partial charge is 0.494 e. The Labute approximate surface area is 206 Å². The molecule has 0 bridgehead atoms. The van der Waals surface area contributed by atoms with Crippen molar-refractivity contribution in [2.45, 2.75) is 32.6 Å². The third-order valence-electron chi connectivity index (χ3n) is 6.13. The van der Waals surface area contributed by atoms with Crippen LogP contribution in [0.3, 0.4) is 0 Å². The third kappa shape index (κ3) is 5.98. The van der Waals surface area contributed by atoms with Gasteiger partial charge in [-0.25, -0.2) is 4.98 Å². The zero-order valence-corrected chi connectivity index (χ0v) is 20.2. The second-order valence-electron chi connectivity index (χ2n) is 8.65. The first kappa shape index (κ1) is 24.3. The Balaban J connectivity index is 1.60. The number of carbonyl (C=O) groups excluding carboxylic acids is 2. The van der Waals surface area contributed by atoms with Gasteiger partial charge in [-0.1, -0.05) is 55.3 Å². The summed E-state index contributed by atoms with van der Waals surface area (Å²) in [5.74, 6) is 0.836. The van der Waals surface area contributed by atoms with Crippen molar-refractivity contribution in [2.24, 2.45) is 5.92 Å². The maximum Gasteiger partial charge on any atom is 0.246 e. The van der Waals surface area contributed by atoms with Crippen LogP contribution in [0.2, 0.25) is 0 Å². The van der Waals surface area contributed by atoms with Crippen LogP contribution in [0.1, 0.15) is 32.6 Å². The Kier molecular flexibility index (Phi) is 7.98. The van der Waals surface area contributed by atoms with Crippen molar-refractivity contribution in [2.75, 3.05) is 25.0 Å². The molecule has 4 rings (SSSR count). The van der Waals surface area contributed by atoms with E-state index in [0.717, 1.165) is 48.4 Å². The van der Waals surface area contributed by atoms with Gasteiger partial charge in [0.2, 0.25) is 17.8 Å². The fraction of sp³-hybridized carbons (Fsp3) is 0.321. The molecule has 0 atom stereocenters. The molecule has 2 amide bonds. The number of amides is 2. The molecular formula is C28H32N4O3. The molecule has 7 heteroatoms. The zero-order valence-electron chi connectivity index (χ0n) is 20.2. The number of imidazole rings is 1. The van der Waals surface area contributed by atoms with Gasteiger partial charge in [-0.2, -0.15) is 0 Å². The summed E-state index contributed by atoms with van der Waals surface area (Å²) >= 11 is 0. The number of rotatable bonds is 10. The fourth-order valence-electron chi connectivity index (χ4n) is 4.46. The van der Waals surface area contributed by atoms with Crippen molar-refractivity contribution >= 4 is 17.8 Å². The highest BCUT2D eigenvalue weighted by atomic mass is 16.5. The summed E-state index contributed by atoms with van der Waals surface area (Å²) in [6.45, 7) is 6.54. The summed E-state index contributed by atoms with van der Waals surface area (Å²) in [7, 11) is 0. The van der Waals surface area contributed by atoms with E-state index in [0.29, 0.717) is 19.1 Å². The average Bonchev–Trinajstić information content (AvgIpc) is 3.55. The van der Waals surface area contributed by atoms with Gasteiger partial charge in [0.05, 0.1) is 18.0 Å². The van der Waals surface area contributed by atoms with Gasteiger partial charge in [0.1, 0.15) is 12.3 Å². The van der Waals surface area contributed by atoms with E-state index in [1.165, 1.54) is 0 Å². The lowest BCUT2D eigenvalue weighted by molar-refractivity contribution is -0.137. The van der Waals surface area contributed by atoms with Crippen LogP contribution in [0.25, 0.3) is 16.9 Å². The predicted octanol–water partition coefficient (Wildman–Crippen LogP) is 5.08. The van der Waals surface area contributed by atoms with E-state index in [-0.39, 0.29) is 24.3 Å². The van der Waals surface area contributed by atoms with Crippen molar-refractivity contribution in [3.05, 3.63) is 73.4 Å². The molecule has 1 fully saturated rings. The molecule has 7 nitrogen and oxygen atoms in total. The summed E-state index contributed by atoms with van der Waals surface area (Å²) in [4.78, 5) is 32.4. The van der Waals surface area contributed by atoms with E-state index in [1.54, 1.807) is 11.0 Å². The maximum atomic E-state index is 13.1. The number of hydrogen-bond acceptors (Lipinski definition) is 4. The van der Waals surface area contributed by atoms with E-state index in [2.05, 4.69) is 11.9 Å². The lowest BCUT2D eigenvalue weighted by atomic mass is 10.1. The third-order valence-corrected chi connectivity index (χ3v) is 6.13. The van der Waals surface area contributed by atoms with Crippen molar-refractivity contribution in [3.8, 4) is 22.7 Å². The monoisotopic (exact) mass is 472 g/mol. The molecule has 1 aliphatic rings. The summed E-state index contributed by atoms with van der Waals surface area (Å²) < 4.78 is 7.49. The highest BCUT2D eigenvalue weighted by molar-refractivity contribution is 5.94. The molecule has 1 N–H and O–H groups in total. The Morgan fingerprint density at radius 2 is 1.94 bits per heavy atom. The van der Waals surface area contributed by atoms with Gasteiger partial charge in [-0.3, -0.25) is 19.5 Å². The van der Waals surface area contributed by atoms with Gasteiger partial charge in [0.25, 0.3) is 0 Å². The van der Waals surface area contributed by atoms with Crippen LogP contribution in [0.4, 0.5) is 5.95 Å². The molecule has 1 heterocycles. The van der Waals surface area contributed by atoms with E-state index < -0.39 is 0 Å². The van der Waals surface area contributed by atoms with Gasteiger partial charge in [0, 0.05) is 30.3 Å². The van der Waals surface area contributed by atoms with Crippen LogP contribution in [-0.4, -0.2) is 46.0 Å². The molecule has 1 aliphatic carbocycles. The topological polar surface area (TPSA) is 76.5 Å². The lowest BCUT2D eigenvalue weighted by Crippen LogP contribution is -2.41. The molecule has 35 heavy (non-hydrogen) atoms. The number of carbonyl (C=O) groups is 2. The maximum absolute atomic E-state index is 13.1. The number of hydrogen-bond donors (Lipinski definition) is 1. The molecule has 1 aromatic heterocycles. The Bertz CT molecular complexity index is 1170. The molecule has 0 radical (unpaired) electrons. The number of anilines is 1. The van der Waals surface area contributed by atoms with Crippen LogP contribution < -0.4 is 10.1 Å². The standard InChI is InChI=1S/C28H32N4O3/c1-3-17-31(27(34)22-13-8-9-14-22)20-26(33)30-28-29-25(21-11-6-5-7-12-21)19-32(28)23-15-10-16-24(18-23)35-4-2/h3,5-7,10-12,15-16,18-19,22H,1,4,8-9,13-14,17,20H2,2H3,(H,29,30,33). The lowest BCUT2D eigenvalue weighted by Gasteiger charge is -2.23. The first-order valence-corrected chi connectivity index (χ1v) is 12.2. The Hall–Kier alpha value is -3.87. The predicted molar refractivity (Wildman–Crippen MR) is 138 cm³/mol. The number of nitrogens with zero attached hydrogens (tertiary/aromatic N) is 3. The van der Waals surface area contributed by atoms with Gasteiger partial charge in [-0.05, 0) is 31.9 Å². The van der Waals surface area contributed by atoms with Crippen molar-refractivity contribution in [1.29, 1.82) is 0 Å². The van der Waals surface area contributed by atoms with Crippen molar-refractivity contribution < 1.29 is 14.3 Å². The van der Waals surface area contributed by atoms with E-state index in [1.807, 2.05) is 72.3 Å². The van der Waals surface area contributed by atoms with Crippen molar-refractivity contribution in [3.63, 3.8) is 0 Å². The van der Waals surface area contributed by atoms with E-state index in [9.17, 15) is 9.59 Å². The minimum absolute atomic E-state index is 0.00396. The van der Waals surface area contributed by atoms with Crippen LogP contribution >= 0.6 is 0 Å². The Morgan fingerprint density at radius 1 is 1.17 bits per heavy atom. The van der Waals surface area contributed by atoms with Gasteiger partial charge in [0.15, 0.2) is 0 Å². The highest BCUT2D eigenvalue weighted by Gasteiger charge is 2.28. The molecule has 1 saturated carbocycles. The van der Waals surface area contributed by atoms with E-state index in [4.69, 9.17) is 9.72 Å². The molecule has 2 aromatic carbocycles. The van der Waals surface area contributed by atoms with Crippen LogP contribution in [0.5, 0.6) is 5.75 Å². The second kappa shape index (κ2) is 11.5. The highest BCUT2D eigenvalue weighted by Crippen LogP contribution is 2.28. The first-order chi connectivity index (χ1) is 17.1. The smallest absolute Gasteiger partial charge is 0.246 e. The molecule has 0 spiro atoms. The molecule has 182 valence electrons.